The summed E-state index contributed by atoms with van der Waals surface area (Å²) in [4.78, 5) is 16.3. The van der Waals surface area contributed by atoms with E-state index in [-0.39, 0.29) is 17.5 Å². The van der Waals surface area contributed by atoms with Crippen LogP contribution in [0, 0.1) is 12.7 Å². The molecule has 4 nitrogen and oxygen atoms in total. The number of carbonyl (C=O) groups excluding carboxylic acids is 1. The third-order valence-electron chi connectivity index (χ3n) is 3.89. The van der Waals surface area contributed by atoms with Gasteiger partial charge in [0.2, 0.25) is 0 Å². The Kier molecular flexibility index (Phi) is 3.72. The van der Waals surface area contributed by atoms with Gasteiger partial charge >= 0.3 is 0 Å². The van der Waals surface area contributed by atoms with Gasteiger partial charge in [0, 0.05) is 18.2 Å². The monoisotopic (exact) mass is 311 g/mol. The maximum absolute atomic E-state index is 14.2. The number of hydrogen-bond acceptors (Lipinski definition) is 3. The molecule has 3 aromatic rings. The summed E-state index contributed by atoms with van der Waals surface area (Å²) in [5.74, 6) is -0.286. The average molecular weight is 311 g/mol. The van der Waals surface area contributed by atoms with Crippen LogP contribution in [-0.2, 0) is 0 Å². The van der Waals surface area contributed by atoms with Gasteiger partial charge in [0.05, 0.1) is 11.3 Å². The topological polar surface area (TPSA) is 47.3 Å². The molecule has 0 unspecified atom stereocenters. The van der Waals surface area contributed by atoms with E-state index in [4.69, 9.17) is 0 Å². The van der Waals surface area contributed by atoms with E-state index in [9.17, 15) is 9.18 Å². The maximum Gasteiger partial charge on any atom is 0.178 e. The maximum atomic E-state index is 14.2. The largest absolute Gasteiger partial charge is 0.293 e. The van der Waals surface area contributed by atoms with Gasteiger partial charge in [-0.25, -0.2) is 13.9 Å². The minimum absolute atomic E-state index is 0.118. The van der Waals surface area contributed by atoms with Crippen LogP contribution >= 0.6 is 0 Å². The molecule has 0 saturated heterocycles. The molecule has 0 N–H and O–H groups in total. The summed E-state index contributed by atoms with van der Waals surface area (Å²) in [6.07, 6.45) is 0. The second-order valence-electron chi connectivity index (χ2n) is 5.95. The smallest absolute Gasteiger partial charge is 0.178 e. The van der Waals surface area contributed by atoms with E-state index in [1.807, 2.05) is 20.8 Å². The minimum Gasteiger partial charge on any atom is -0.293 e. The molecule has 0 saturated carbocycles. The molecule has 3 rings (SSSR count). The Hall–Kier alpha value is -2.56. The SMILES string of the molecule is CC(=O)c1cc(C(C)C)n2nc(C)c(-c3ccccc3F)c2n1. The molecule has 2 heterocycles. The fraction of sp³-hybridized carbons (Fsp3) is 0.278. The number of carbonyl (C=O) groups is 1. The van der Waals surface area contributed by atoms with Crippen LogP contribution in [0.2, 0.25) is 0 Å². The number of hydrogen-bond donors (Lipinski definition) is 0. The first-order valence-electron chi connectivity index (χ1n) is 7.56. The van der Waals surface area contributed by atoms with Crippen LogP contribution in [0.4, 0.5) is 4.39 Å². The number of ketones is 1. The molecule has 23 heavy (non-hydrogen) atoms. The lowest BCUT2D eigenvalue weighted by molar-refractivity contribution is 0.101. The summed E-state index contributed by atoms with van der Waals surface area (Å²) < 4.78 is 16.0. The van der Waals surface area contributed by atoms with Gasteiger partial charge in [-0.05, 0) is 25.0 Å². The highest BCUT2D eigenvalue weighted by molar-refractivity contribution is 5.93. The first-order chi connectivity index (χ1) is 10.9. The van der Waals surface area contributed by atoms with Crippen LogP contribution in [0.1, 0.15) is 48.6 Å². The summed E-state index contributed by atoms with van der Waals surface area (Å²) in [6.45, 7) is 7.36. The molecular formula is C18H18FN3O. The predicted octanol–water partition coefficient (Wildman–Crippen LogP) is 4.17. The lowest BCUT2D eigenvalue weighted by Crippen LogP contribution is -2.07. The summed E-state index contributed by atoms with van der Waals surface area (Å²) in [6, 6.07) is 8.30. The molecule has 0 fully saturated rings. The molecule has 0 spiro atoms. The van der Waals surface area contributed by atoms with Crippen molar-refractivity contribution < 1.29 is 9.18 Å². The Bertz CT molecular complexity index is 912. The zero-order chi connectivity index (χ0) is 16.7. The number of benzene rings is 1. The lowest BCUT2D eigenvalue weighted by Gasteiger charge is -2.10. The van der Waals surface area contributed by atoms with E-state index in [1.165, 1.54) is 13.0 Å². The molecule has 0 aliphatic rings. The van der Waals surface area contributed by atoms with E-state index in [0.717, 1.165) is 5.69 Å². The van der Waals surface area contributed by atoms with Crippen LogP contribution in [0.5, 0.6) is 0 Å². The molecule has 0 radical (unpaired) electrons. The van der Waals surface area contributed by atoms with Crippen molar-refractivity contribution in [1.82, 2.24) is 14.6 Å². The molecule has 0 atom stereocenters. The summed E-state index contributed by atoms with van der Waals surface area (Å²) in [5.41, 5.74) is 3.54. The van der Waals surface area contributed by atoms with E-state index >= 15 is 0 Å². The van der Waals surface area contributed by atoms with Crippen molar-refractivity contribution in [3.8, 4) is 11.1 Å². The zero-order valence-electron chi connectivity index (χ0n) is 13.6. The van der Waals surface area contributed by atoms with Crippen molar-refractivity contribution in [3.63, 3.8) is 0 Å². The van der Waals surface area contributed by atoms with E-state index in [2.05, 4.69) is 10.1 Å². The van der Waals surface area contributed by atoms with Gasteiger partial charge in [0.15, 0.2) is 11.4 Å². The fourth-order valence-electron chi connectivity index (χ4n) is 2.72. The highest BCUT2D eigenvalue weighted by Crippen LogP contribution is 2.31. The Morgan fingerprint density at radius 1 is 1.26 bits per heavy atom. The first kappa shape index (κ1) is 15.3. The lowest BCUT2D eigenvalue weighted by atomic mass is 10.0. The van der Waals surface area contributed by atoms with Gasteiger partial charge in [-0.3, -0.25) is 4.79 Å². The van der Waals surface area contributed by atoms with Crippen LogP contribution in [0.15, 0.2) is 30.3 Å². The predicted molar refractivity (Wildman–Crippen MR) is 87.2 cm³/mol. The number of Topliss-reactive ketones (excluding diaryl/α,β-unsaturated/α-hetero) is 1. The van der Waals surface area contributed by atoms with Crippen LogP contribution < -0.4 is 0 Å². The van der Waals surface area contributed by atoms with Gasteiger partial charge in [-0.15, -0.1) is 0 Å². The van der Waals surface area contributed by atoms with Gasteiger partial charge < -0.3 is 0 Å². The van der Waals surface area contributed by atoms with Crippen molar-refractivity contribution in [2.45, 2.75) is 33.6 Å². The van der Waals surface area contributed by atoms with E-state index in [0.29, 0.717) is 28.2 Å². The van der Waals surface area contributed by atoms with E-state index < -0.39 is 0 Å². The Morgan fingerprint density at radius 3 is 2.57 bits per heavy atom. The molecule has 1 aromatic carbocycles. The Balaban J connectivity index is 2.42. The fourth-order valence-corrected chi connectivity index (χ4v) is 2.72. The molecule has 0 aliphatic heterocycles. The molecule has 2 aromatic heterocycles. The first-order valence-corrected chi connectivity index (χ1v) is 7.56. The van der Waals surface area contributed by atoms with Gasteiger partial charge in [-0.2, -0.15) is 5.10 Å². The minimum atomic E-state index is -0.327. The van der Waals surface area contributed by atoms with Gasteiger partial charge in [0.25, 0.3) is 0 Å². The van der Waals surface area contributed by atoms with Gasteiger partial charge in [0.1, 0.15) is 11.5 Å². The standard InChI is InChI=1S/C18H18FN3O/c1-10(2)16-9-15(12(4)23)20-18-17(11(3)21-22(16)18)13-7-5-6-8-14(13)19/h5-10H,1-4H3. The summed E-state index contributed by atoms with van der Waals surface area (Å²) in [5, 5.41) is 4.53. The number of rotatable bonds is 3. The third-order valence-corrected chi connectivity index (χ3v) is 3.89. The molecule has 5 heteroatoms. The molecular weight excluding hydrogens is 293 g/mol. The van der Waals surface area contributed by atoms with Crippen molar-refractivity contribution in [2.24, 2.45) is 0 Å². The molecule has 0 amide bonds. The van der Waals surface area contributed by atoms with Crippen molar-refractivity contribution in [2.75, 3.05) is 0 Å². The Labute approximate surface area is 134 Å². The number of nitrogens with zero attached hydrogens (tertiary/aromatic N) is 3. The quantitative estimate of drug-likeness (QED) is 0.682. The normalized spacial score (nSPS) is 11.4. The summed E-state index contributed by atoms with van der Waals surface area (Å²) in [7, 11) is 0. The number of halogens is 1. The van der Waals surface area contributed by atoms with Crippen molar-refractivity contribution >= 4 is 11.4 Å². The Morgan fingerprint density at radius 2 is 1.96 bits per heavy atom. The van der Waals surface area contributed by atoms with Crippen molar-refractivity contribution in [1.29, 1.82) is 0 Å². The number of aromatic nitrogens is 3. The number of fused-ring (bicyclic) bond motifs is 1. The highest BCUT2D eigenvalue weighted by atomic mass is 19.1. The van der Waals surface area contributed by atoms with Crippen molar-refractivity contribution in [3.05, 3.63) is 53.2 Å². The van der Waals surface area contributed by atoms with E-state index in [1.54, 1.807) is 28.8 Å². The second kappa shape index (κ2) is 5.57. The summed E-state index contributed by atoms with van der Waals surface area (Å²) >= 11 is 0. The third kappa shape index (κ3) is 2.52. The molecule has 0 aliphatic carbocycles. The molecule has 118 valence electrons. The van der Waals surface area contributed by atoms with Crippen LogP contribution in [0.3, 0.4) is 0 Å². The number of aryl methyl sites for hydroxylation is 1. The van der Waals surface area contributed by atoms with Crippen LogP contribution in [-0.4, -0.2) is 20.4 Å². The van der Waals surface area contributed by atoms with Gasteiger partial charge in [-0.1, -0.05) is 32.0 Å². The molecule has 0 bridgehead atoms. The van der Waals surface area contributed by atoms with Crippen LogP contribution in [0.25, 0.3) is 16.8 Å². The average Bonchev–Trinajstić information content (AvgIpc) is 2.82. The second-order valence-corrected chi connectivity index (χ2v) is 5.95. The zero-order valence-corrected chi connectivity index (χ0v) is 13.6. The highest BCUT2D eigenvalue weighted by Gasteiger charge is 2.20.